The van der Waals surface area contributed by atoms with Gasteiger partial charge in [0.1, 0.15) is 5.82 Å². The van der Waals surface area contributed by atoms with Crippen molar-refractivity contribution >= 4 is 38.7 Å². The van der Waals surface area contributed by atoms with Crippen molar-refractivity contribution in [1.82, 2.24) is 14.5 Å². The van der Waals surface area contributed by atoms with Crippen LogP contribution in [0.25, 0.3) is 61.1 Å². The lowest BCUT2D eigenvalue weighted by Crippen LogP contribution is -2.11. The van der Waals surface area contributed by atoms with Crippen LogP contribution in [0.4, 0.5) is 17.1 Å². The SMILES string of the molecule is c1ccc(-c2cccc(N3c4ccccc4-c4c(n(-c5cc6ccccc6cn5)c5ccccc45)-c4ccccc43)c2)nc1. The van der Waals surface area contributed by atoms with Crippen LogP contribution in [0.2, 0.25) is 0 Å². The normalized spacial score (nSPS) is 12.0. The van der Waals surface area contributed by atoms with Gasteiger partial charge in [-0.25, -0.2) is 4.98 Å². The predicted molar refractivity (Wildman–Crippen MR) is 181 cm³/mol. The summed E-state index contributed by atoms with van der Waals surface area (Å²) in [5.74, 6) is 0.902. The number of pyridine rings is 2. The van der Waals surface area contributed by atoms with Gasteiger partial charge in [0.15, 0.2) is 0 Å². The van der Waals surface area contributed by atoms with Crippen LogP contribution >= 0.6 is 0 Å². The Kier molecular flexibility index (Phi) is 5.47. The van der Waals surface area contributed by atoms with E-state index < -0.39 is 0 Å². The van der Waals surface area contributed by atoms with E-state index in [0.717, 1.165) is 56.3 Å². The number of nitrogens with zero attached hydrogens (tertiary/aromatic N) is 4. The van der Waals surface area contributed by atoms with Gasteiger partial charge in [-0.15, -0.1) is 0 Å². The van der Waals surface area contributed by atoms with Crippen LogP contribution < -0.4 is 4.90 Å². The topological polar surface area (TPSA) is 34.0 Å². The van der Waals surface area contributed by atoms with Crippen molar-refractivity contribution < 1.29 is 0 Å². The van der Waals surface area contributed by atoms with E-state index in [9.17, 15) is 0 Å². The molecule has 5 aromatic carbocycles. The molecule has 3 aromatic heterocycles. The lowest BCUT2D eigenvalue weighted by Gasteiger charge is -2.28. The predicted octanol–water partition coefficient (Wildman–Crippen LogP) is 10.4. The first-order valence-corrected chi connectivity index (χ1v) is 14.8. The Morgan fingerprint density at radius 3 is 2.11 bits per heavy atom. The molecule has 4 nitrogen and oxygen atoms in total. The highest BCUT2D eigenvalue weighted by Gasteiger charge is 2.31. The first-order valence-electron chi connectivity index (χ1n) is 14.8. The summed E-state index contributed by atoms with van der Waals surface area (Å²) in [5.41, 5.74) is 11.2. The third-order valence-corrected chi connectivity index (χ3v) is 8.60. The number of fused-ring (bicyclic) bond motifs is 8. The zero-order chi connectivity index (χ0) is 29.0. The Bertz CT molecular complexity index is 2350. The second-order valence-corrected chi connectivity index (χ2v) is 11.1. The lowest BCUT2D eigenvalue weighted by molar-refractivity contribution is 1.06. The number of para-hydroxylation sites is 3. The average molecular weight is 563 g/mol. The molecule has 8 aromatic rings. The van der Waals surface area contributed by atoms with Gasteiger partial charge >= 0.3 is 0 Å². The monoisotopic (exact) mass is 562 g/mol. The summed E-state index contributed by atoms with van der Waals surface area (Å²) in [6, 6.07) is 51.5. The Morgan fingerprint density at radius 2 is 1.25 bits per heavy atom. The minimum atomic E-state index is 0.902. The summed E-state index contributed by atoms with van der Waals surface area (Å²) in [6.07, 6.45) is 3.83. The quantitative estimate of drug-likeness (QED) is 0.215. The molecule has 0 fully saturated rings. The first kappa shape index (κ1) is 24.6. The number of hydrogen-bond acceptors (Lipinski definition) is 3. The molecule has 44 heavy (non-hydrogen) atoms. The fourth-order valence-electron chi connectivity index (χ4n) is 6.69. The van der Waals surface area contributed by atoms with E-state index in [-0.39, 0.29) is 0 Å². The lowest BCUT2D eigenvalue weighted by atomic mass is 9.98. The van der Waals surface area contributed by atoms with Crippen molar-refractivity contribution in [3.05, 3.63) is 158 Å². The van der Waals surface area contributed by atoms with Crippen LogP contribution in [-0.2, 0) is 0 Å². The van der Waals surface area contributed by atoms with Crippen molar-refractivity contribution in [3.63, 3.8) is 0 Å². The highest BCUT2D eigenvalue weighted by molar-refractivity contribution is 6.13. The van der Waals surface area contributed by atoms with Gasteiger partial charge in [-0.1, -0.05) is 97.1 Å². The van der Waals surface area contributed by atoms with Gasteiger partial charge in [0.2, 0.25) is 0 Å². The maximum absolute atomic E-state index is 5.03. The molecule has 4 heterocycles. The largest absolute Gasteiger partial charge is 0.309 e. The molecule has 0 saturated heterocycles. The Labute approximate surface area is 255 Å². The molecular weight excluding hydrogens is 536 g/mol. The summed E-state index contributed by atoms with van der Waals surface area (Å²) in [6.45, 7) is 0. The summed E-state index contributed by atoms with van der Waals surface area (Å²) in [7, 11) is 0. The standard InChI is InChI=1S/C40H26N4/c1-2-13-29-26-42-38(25-27(29)12-1)44-36-21-7-4-17-32(36)39-31-16-3-6-20-35(31)43(37-22-8-5-18-33(37)40(39)44)30-15-11-14-28(24-30)34-19-9-10-23-41-34/h1-26H. The van der Waals surface area contributed by atoms with Crippen LogP contribution in [0.3, 0.4) is 0 Å². The Hall–Kier alpha value is -6.00. The fourth-order valence-corrected chi connectivity index (χ4v) is 6.69. The van der Waals surface area contributed by atoms with Crippen LogP contribution in [-0.4, -0.2) is 14.5 Å². The van der Waals surface area contributed by atoms with E-state index in [1.54, 1.807) is 0 Å². The zero-order valence-corrected chi connectivity index (χ0v) is 23.8. The molecule has 0 unspecified atom stereocenters. The van der Waals surface area contributed by atoms with Crippen LogP contribution in [0.15, 0.2) is 158 Å². The third-order valence-electron chi connectivity index (χ3n) is 8.60. The second-order valence-electron chi connectivity index (χ2n) is 11.1. The maximum atomic E-state index is 5.03. The van der Waals surface area contributed by atoms with E-state index in [1.807, 2.05) is 24.5 Å². The van der Waals surface area contributed by atoms with Gasteiger partial charge in [0.25, 0.3) is 0 Å². The van der Waals surface area contributed by atoms with Crippen molar-refractivity contribution in [1.29, 1.82) is 0 Å². The van der Waals surface area contributed by atoms with Crippen LogP contribution in [0, 0.1) is 0 Å². The van der Waals surface area contributed by atoms with E-state index in [0.29, 0.717) is 0 Å². The summed E-state index contributed by atoms with van der Waals surface area (Å²) in [4.78, 5) is 12.1. The Balaban J connectivity index is 1.38. The highest BCUT2D eigenvalue weighted by Crippen LogP contribution is 2.54. The van der Waals surface area contributed by atoms with Crippen molar-refractivity contribution in [2.75, 3.05) is 4.90 Å². The number of hydrogen-bond donors (Lipinski definition) is 0. The summed E-state index contributed by atoms with van der Waals surface area (Å²) < 4.78 is 2.35. The molecule has 0 aliphatic carbocycles. The number of rotatable bonds is 3. The molecule has 0 bridgehead atoms. The number of anilines is 3. The molecule has 0 N–H and O–H groups in total. The van der Waals surface area contributed by atoms with Crippen LogP contribution in [0.5, 0.6) is 0 Å². The van der Waals surface area contributed by atoms with Gasteiger partial charge in [0, 0.05) is 51.1 Å². The summed E-state index contributed by atoms with van der Waals surface area (Å²) in [5, 5.41) is 3.49. The number of benzene rings is 5. The molecule has 0 radical (unpaired) electrons. The smallest absolute Gasteiger partial charge is 0.138 e. The minimum absolute atomic E-state index is 0.902. The van der Waals surface area contributed by atoms with E-state index in [4.69, 9.17) is 4.98 Å². The van der Waals surface area contributed by atoms with E-state index in [2.05, 4.69) is 148 Å². The van der Waals surface area contributed by atoms with Gasteiger partial charge in [0.05, 0.1) is 28.3 Å². The van der Waals surface area contributed by atoms with Gasteiger partial charge < -0.3 is 4.90 Å². The average Bonchev–Trinajstić information content (AvgIpc) is 3.38. The molecule has 1 aliphatic heterocycles. The van der Waals surface area contributed by atoms with Gasteiger partial charge in [-0.2, -0.15) is 0 Å². The molecule has 0 spiro atoms. The first-order chi connectivity index (χ1) is 21.8. The van der Waals surface area contributed by atoms with Gasteiger partial charge in [-0.3, -0.25) is 9.55 Å². The molecule has 0 saturated carbocycles. The molecule has 9 rings (SSSR count). The maximum Gasteiger partial charge on any atom is 0.138 e. The fraction of sp³-hybridized carbons (Fsp3) is 0. The molecule has 1 aliphatic rings. The van der Waals surface area contributed by atoms with Crippen LogP contribution in [0.1, 0.15) is 0 Å². The summed E-state index contributed by atoms with van der Waals surface area (Å²) >= 11 is 0. The zero-order valence-electron chi connectivity index (χ0n) is 23.8. The van der Waals surface area contributed by atoms with Crippen molar-refractivity contribution in [2.45, 2.75) is 0 Å². The molecule has 0 atom stereocenters. The van der Waals surface area contributed by atoms with Crippen molar-refractivity contribution in [2.24, 2.45) is 0 Å². The highest BCUT2D eigenvalue weighted by atomic mass is 15.2. The van der Waals surface area contributed by atoms with Crippen molar-refractivity contribution in [3.8, 4) is 39.5 Å². The molecule has 206 valence electrons. The second kappa shape index (κ2) is 9.79. The van der Waals surface area contributed by atoms with Gasteiger partial charge in [-0.05, 0) is 53.9 Å². The third kappa shape index (κ3) is 3.71. The molecular formula is C40H26N4. The minimum Gasteiger partial charge on any atom is -0.309 e. The number of aromatic nitrogens is 3. The molecule has 4 heteroatoms. The van der Waals surface area contributed by atoms with E-state index >= 15 is 0 Å². The molecule has 0 amide bonds. The van der Waals surface area contributed by atoms with E-state index in [1.165, 1.54) is 21.9 Å². The Morgan fingerprint density at radius 1 is 0.523 bits per heavy atom.